The van der Waals surface area contributed by atoms with Crippen LogP contribution in [0.4, 0.5) is 0 Å². The van der Waals surface area contributed by atoms with E-state index in [4.69, 9.17) is 0 Å². The van der Waals surface area contributed by atoms with Crippen LogP contribution < -0.4 is 5.32 Å². The van der Waals surface area contributed by atoms with E-state index in [2.05, 4.69) is 61.2 Å². The molecule has 0 aliphatic rings. The molecule has 0 fully saturated rings. The molecule has 6 nitrogen and oxygen atoms in total. The fourth-order valence-corrected chi connectivity index (χ4v) is 2.09. The van der Waals surface area contributed by atoms with Gasteiger partial charge in [0.1, 0.15) is 6.33 Å². The van der Waals surface area contributed by atoms with Gasteiger partial charge in [0.05, 0.1) is 24.5 Å². The molecule has 0 saturated carbocycles. The zero-order valence-electron chi connectivity index (χ0n) is 13.7. The van der Waals surface area contributed by atoms with Gasteiger partial charge in [0.2, 0.25) is 0 Å². The van der Waals surface area contributed by atoms with Crippen LogP contribution in [0.25, 0.3) is 0 Å². The van der Waals surface area contributed by atoms with Gasteiger partial charge < -0.3 is 5.32 Å². The molecule has 6 heteroatoms. The smallest absolute Gasteiger partial charge is 0.164 e. The second-order valence-electron chi connectivity index (χ2n) is 6.26. The van der Waals surface area contributed by atoms with Crippen LogP contribution in [0.2, 0.25) is 0 Å². The first-order valence-corrected chi connectivity index (χ1v) is 7.60. The van der Waals surface area contributed by atoms with Crippen LogP contribution in [0.1, 0.15) is 51.8 Å². The van der Waals surface area contributed by atoms with Gasteiger partial charge in [-0.2, -0.15) is 10.2 Å². The van der Waals surface area contributed by atoms with Gasteiger partial charge in [-0.3, -0.25) is 4.68 Å². The zero-order chi connectivity index (χ0) is 15.5. The van der Waals surface area contributed by atoms with Gasteiger partial charge in [-0.05, 0) is 40.2 Å². The summed E-state index contributed by atoms with van der Waals surface area (Å²) in [6.07, 6.45) is 2.75. The highest BCUT2D eigenvalue weighted by atomic mass is 15.4. The summed E-state index contributed by atoms with van der Waals surface area (Å²) in [5, 5.41) is 12.5. The topological polar surface area (TPSA) is 60.6 Å². The minimum absolute atomic E-state index is 0.0717. The molecule has 0 unspecified atom stereocenters. The molecule has 116 valence electrons. The van der Waals surface area contributed by atoms with E-state index >= 15 is 0 Å². The third-order valence-electron chi connectivity index (χ3n) is 3.26. The Morgan fingerprint density at radius 2 is 1.95 bits per heavy atom. The maximum absolute atomic E-state index is 4.56. The molecule has 0 saturated heterocycles. The average Bonchev–Trinajstić information content (AvgIpc) is 3.02. The summed E-state index contributed by atoms with van der Waals surface area (Å²) in [5.41, 5.74) is 2.37. The van der Waals surface area contributed by atoms with Crippen molar-refractivity contribution in [1.82, 2.24) is 29.9 Å². The molecule has 0 bridgehead atoms. The molecular formula is C15H26N6. The Balaban J connectivity index is 2.03. The standard InChI is InChI=1S/C15H26N6/c1-6-12-8-13(21(7-2)18-12)10-20-11-16-14(19-20)9-17-15(3,4)5/h8,11,17H,6-7,9-10H2,1-5H3. The Bertz CT molecular complexity index is 575. The Morgan fingerprint density at radius 1 is 1.19 bits per heavy atom. The molecule has 0 aromatic carbocycles. The molecule has 1 N–H and O–H groups in total. The predicted molar refractivity (Wildman–Crippen MR) is 83.0 cm³/mol. The van der Waals surface area contributed by atoms with Crippen LogP contribution in [-0.2, 0) is 26.1 Å². The van der Waals surface area contributed by atoms with Crippen molar-refractivity contribution in [3.05, 3.63) is 29.6 Å². The van der Waals surface area contributed by atoms with Crippen LogP contribution in [0.15, 0.2) is 12.4 Å². The van der Waals surface area contributed by atoms with Gasteiger partial charge in [-0.25, -0.2) is 9.67 Å². The van der Waals surface area contributed by atoms with Crippen molar-refractivity contribution in [2.75, 3.05) is 0 Å². The SMILES string of the molecule is CCc1cc(Cn2cnc(CNC(C)(C)C)n2)n(CC)n1. The summed E-state index contributed by atoms with van der Waals surface area (Å²) < 4.78 is 3.91. The molecule has 2 aromatic heterocycles. The van der Waals surface area contributed by atoms with Crippen LogP contribution >= 0.6 is 0 Å². The summed E-state index contributed by atoms with van der Waals surface area (Å²) in [7, 11) is 0. The third-order valence-corrected chi connectivity index (χ3v) is 3.26. The lowest BCUT2D eigenvalue weighted by atomic mass is 10.1. The highest BCUT2D eigenvalue weighted by Crippen LogP contribution is 2.08. The first-order valence-electron chi connectivity index (χ1n) is 7.60. The number of nitrogens with one attached hydrogen (secondary N) is 1. The Labute approximate surface area is 126 Å². The van der Waals surface area contributed by atoms with E-state index in [1.54, 1.807) is 6.33 Å². The fraction of sp³-hybridized carbons (Fsp3) is 0.667. The number of hydrogen-bond donors (Lipinski definition) is 1. The average molecular weight is 290 g/mol. The minimum atomic E-state index is 0.0717. The molecule has 0 amide bonds. The lowest BCUT2D eigenvalue weighted by Gasteiger charge is -2.19. The van der Waals surface area contributed by atoms with Gasteiger partial charge >= 0.3 is 0 Å². The lowest BCUT2D eigenvalue weighted by molar-refractivity contribution is 0.416. The summed E-state index contributed by atoms with van der Waals surface area (Å²) in [4.78, 5) is 4.36. The van der Waals surface area contributed by atoms with E-state index in [0.29, 0.717) is 13.1 Å². The van der Waals surface area contributed by atoms with Crippen molar-refractivity contribution in [3.63, 3.8) is 0 Å². The van der Waals surface area contributed by atoms with Gasteiger partial charge in [0.25, 0.3) is 0 Å². The second-order valence-corrected chi connectivity index (χ2v) is 6.26. The van der Waals surface area contributed by atoms with Crippen molar-refractivity contribution in [3.8, 4) is 0 Å². The van der Waals surface area contributed by atoms with Crippen LogP contribution in [-0.4, -0.2) is 30.1 Å². The van der Waals surface area contributed by atoms with Crippen molar-refractivity contribution >= 4 is 0 Å². The van der Waals surface area contributed by atoms with E-state index in [1.165, 1.54) is 5.69 Å². The fourth-order valence-electron chi connectivity index (χ4n) is 2.09. The van der Waals surface area contributed by atoms with Crippen LogP contribution in [0.5, 0.6) is 0 Å². The van der Waals surface area contributed by atoms with Crippen LogP contribution in [0.3, 0.4) is 0 Å². The van der Waals surface area contributed by atoms with Gasteiger partial charge in [0.15, 0.2) is 5.82 Å². The minimum Gasteiger partial charge on any atom is -0.305 e. The number of rotatable bonds is 6. The number of hydrogen-bond acceptors (Lipinski definition) is 4. The largest absolute Gasteiger partial charge is 0.305 e. The number of nitrogens with zero attached hydrogens (tertiary/aromatic N) is 5. The second kappa shape index (κ2) is 6.39. The normalized spacial score (nSPS) is 12.0. The molecule has 0 radical (unpaired) electrons. The number of aryl methyl sites for hydroxylation is 2. The molecule has 2 aromatic rings. The van der Waals surface area contributed by atoms with E-state index < -0.39 is 0 Å². The van der Waals surface area contributed by atoms with Gasteiger partial charge in [-0.1, -0.05) is 6.92 Å². The summed E-state index contributed by atoms with van der Waals surface area (Å²) in [6.45, 7) is 12.9. The Hall–Kier alpha value is -1.69. The molecule has 2 rings (SSSR count). The summed E-state index contributed by atoms with van der Waals surface area (Å²) in [6, 6.07) is 2.15. The van der Waals surface area contributed by atoms with E-state index in [-0.39, 0.29) is 5.54 Å². The maximum atomic E-state index is 4.56. The lowest BCUT2D eigenvalue weighted by Crippen LogP contribution is -2.35. The van der Waals surface area contributed by atoms with E-state index in [1.807, 2.05) is 9.36 Å². The molecule has 0 atom stereocenters. The van der Waals surface area contributed by atoms with Gasteiger partial charge in [0, 0.05) is 12.1 Å². The van der Waals surface area contributed by atoms with Crippen molar-refractivity contribution in [1.29, 1.82) is 0 Å². The monoisotopic (exact) mass is 290 g/mol. The Morgan fingerprint density at radius 3 is 2.57 bits per heavy atom. The van der Waals surface area contributed by atoms with E-state index in [0.717, 1.165) is 24.5 Å². The summed E-state index contributed by atoms with van der Waals surface area (Å²) in [5.74, 6) is 0.822. The summed E-state index contributed by atoms with van der Waals surface area (Å²) >= 11 is 0. The highest BCUT2D eigenvalue weighted by molar-refractivity contribution is 5.10. The number of aromatic nitrogens is 5. The van der Waals surface area contributed by atoms with Gasteiger partial charge in [-0.15, -0.1) is 0 Å². The first-order chi connectivity index (χ1) is 9.91. The van der Waals surface area contributed by atoms with Crippen molar-refractivity contribution < 1.29 is 0 Å². The molecule has 0 aliphatic heterocycles. The predicted octanol–water partition coefficient (Wildman–Crippen LogP) is 1.99. The zero-order valence-corrected chi connectivity index (χ0v) is 13.7. The molecule has 0 aliphatic carbocycles. The third kappa shape index (κ3) is 4.39. The van der Waals surface area contributed by atoms with Crippen molar-refractivity contribution in [2.24, 2.45) is 0 Å². The molecule has 2 heterocycles. The maximum Gasteiger partial charge on any atom is 0.164 e. The quantitative estimate of drug-likeness (QED) is 0.884. The van der Waals surface area contributed by atoms with Crippen molar-refractivity contribution in [2.45, 2.75) is 66.2 Å². The molecule has 0 spiro atoms. The Kier molecular flexibility index (Phi) is 4.77. The highest BCUT2D eigenvalue weighted by Gasteiger charge is 2.11. The first kappa shape index (κ1) is 15.7. The van der Waals surface area contributed by atoms with Crippen LogP contribution in [0, 0.1) is 0 Å². The van der Waals surface area contributed by atoms with E-state index in [9.17, 15) is 0 Å². The molecular weight excluding hydrogens is 264 g/mol. The molecule has 21 heavy (non-hydrogen) atoms.